The lowest BCUT2D eigenvalue weighted by Crippen LogP contribution is -2.35. The minimum atomic E-state index is -0.216. The number of hydrogen-bond acceptors (Lipinski definition) is 3. The molecule has 0 amide bonds. The number of anilines is 1. The Morgan fingerprint density at radius 3 is 3.00 bits per heavy atom. The first-order chi connectivity index (χ1) is 10.3. The van der Waals surface area contributed by atoms with Gasteiger partial charge in [-0.1, -0.05) is 24.3 Å². The Balaban J connectivity index is 1.53. The zero-order chi connectivity index (χ0) is 14.2. The molecule has 0 bridgehead atoms. The molecule has 0 aromatic heterocycles. The molecule has 4 heteroatoms. The average molecular weight is 281 g/mol. The van der Waals surface area contributed by atoms with Crippen molar-refractivity contribution in [2.24, 2.45) is 4.99 Å². The number of guanidine groups is 1. The summed E-state index contributed by atoms with van der Waals surface area (Å²) in [5.41, 5.74) is 4.59. The van der Waals surface area contributed by atoms with Gasteiger partial charge in [-0.2, -0.15) is 0 Å². The van der Waals surface area contributed by atoms with Crippen LogP contribution in [0.25, 0.3) is 0 Å². The lowest BCUT2D eigenvalue weighted by molar-refractivity contribution is 0.623. The van der Waals surface area contributed by atoms with Crippen LogP contribution in [0.2, 0.25) is 0 Å². The molecule has 2 aliphatic rings. The molecule has 1 atom stereocenters. The van der Waals surface area contributed by atoms with E-state index in [0.29, 0.717) is 12.6 Å². The molecular formula is C17H16FN3. The SMILES string of the molecule is Fc1ccc2c(c1)CN=C(NC1CCc3ccccc31)N2. The number of nitrogens with one attached hydrogen (secondary N) is 2. The average Bonchev–Trinajstić information content (AvgIpc) is 2.91. The van der Waals surface area contributed by atoms with Gasteiger partial charge in [-0.15, -0.1) is 0 Å². The highest BCUT2D eigenvalue weighted by molar-refractivity contribution is 5.96. The minimum absolute atomic E-state index is 0.216. The Morgan fingerprint density at radius 2 is 2.05 bits per heavy atom. The van der Waals surface area contributed by atoms with Gasteiger partial charge in [0.15, 0.2) is 5.96 Å². The number of fused-ring (bicyclic) bond motifs is 2. The zero-order valence-electron chi connectivity index (χ0n) is 11.6. The second-order valence-electron chi connectivity index (χ2n) is 5.53. The van der Waals surface area contributed by atoms with E-state index in [-0.39, 0.29) is 5.82 Å². The van der Waals surface area contributed by atoms with E-state index in [1.165, 1.54) is 23.3 Å². The number of aliphatic imine (C=N–C) groups is 1. The zero-order valence-corrected chi connectivity index (χ0v) is 11.6. The van der Waals surface area contributed by atoms with Crippen molar-refractivity contribution >= 4 is 11.6 Å². The maximum absolute atomic E-state index is 13.2. The fourth-order valence-electron chi connectivity index (χ4n) is 3.10. The third kappa shape index (κ3) is 2.27. The highest BCUT2D eigenvalue weighted by atomic mass is 19.1. The summed E-state index contributed by atoms with van der Waals surface area (Å²) in [7, 11) is 0. The van der Waals surface area contributed by atoms with Crippen molar-refractivity contribution in [3.63, 3.8) is 0 Å². The van der Waals surface area contributed by atoms with Crippen LogP contribution < -0.4 is 10.6 Å². The Morgan fingerprint density at radius 1 is 1.14 bits per heavy atom. The van der Waals surface area contributed by atoms with Crippen LogP contribution in [0.15, 0.2) is 47.5 Å². The van der Waals surface area contributed by atoms with Crippen LogP contribution in [0.5, 0.6) is 0 Å². The summed E-state index contributed by atoms with van der Waals surface area (Å²) >= 11 is 0. The predicted octanol–water partition coefficient (Wildman–Crippen LogP) is 3.38. The summed E-state index contributed by atoms with van der Waals surface area (Å²) in [6.45, 7) is 0.511. The quantitative estimate of drug-likeness (QED) is 0.840. The Hall–Kier alpha value is -2.36. The van der Waals surface area contributed by atoms with Crippen LogP contribution in [0.4, 0.5) is 10.1 Å². The Bertz CT molecular complexity index is 724. The second kappa shape index (κ2) is 4.88. The monoisotopic (exact) mass is 281 g/mol. The maximum Gasteiger partial charge on any atom is 0.196 e. The lowest BCUT2D eigenvalue weighted by atomic mass is 10.1. The van der Waals surface area contributed by atoms with E-state index < -0.39 is 0 Å². The van der Waals surface area contributed by atoms with Gasteiger partial charge in [0.05, 0.1) is 12.6 Å². The van der Waals surface area contributed by atoms with Crippen LogP contribution in [0.1, 0.15) is 29.2 Å². The normalized spacial score (nSPS) is 19.3. The standard InChI is InChI=1S/C17H16FN3/c18-13-6-8-15-12(9-13)10-19-17(20-15)21-16-7-5-11-3-1-2-4-14(11)16/h1-4,6,8-9,16H,5,7,10H2,(H2,19,20,21). The smallest absolute Gasteiger partial charge is 0.196 e. The van der Waals surface area contributed by atoms with Gasteiger partial charge in [0.2, 0.25) is 0 Å². The van der Waals surface area contributed by atoms with Gasteiger partial charge < -0.3 is 10.6 Å². The molecule has 2 aromatic carbocycles. The van der Waals surface area contributed by atoms with Gasteiger partial charge in [0, 0.05) is 11.3 Å². The highest BCUT2D eigenvalue weighted by Crippen LogP contribution is 2.31. The van der Waals surface area contributed by atoms with Gasteiger partial charge >= 0.3 is 0 Å². The van der Waals surface area contributed by atoms with Crippen molar-refractivity contribution in [3.8, 4) is 0 Å². The van der Waals surface area contributed by atoms with Crippen LogP contribution in [-0.4, -0.2) is 5.96 Å². The van der Waals surface area contributed by atoms with Crippen molar-refractivity contribution < 1.29 is 4.39 Å². The van der Waals surface area contributed by atoms with E-state index in [1.807, 2.05) is 0 Å². The molecule has 106 valence electrons. The predicted molar refractivity (Wildman–Crippen MR) is 81.8 cm³/mol. The third-order valence-corrected chi connectivity index (χ3v) is 4.17. The Labute approximate surface area is 122 Å². The number of aryl methyl sites for hydroxylation is 1. The first kappa shape index (κ1) is 12.4. The van der Waals surface area contributed by atoms with Crippen LogP contribution in [0.3, 0.4) is 0 Å². The van der Waals surface area contributed by atoms with Crippen LogP contribution >= 0.6 is 0 Å². The van der Waals surface area contributed by atoms with Crippen molar-refractivity contribution in [1.29, 1.82) is 0 Å². The molecule has 2 aromatic rings. The van der Waals surface area contributed by atoms with Gasteiger partial charge in [0.25, 0.3) is 0 Å². The fourth-order valence-corrected chi connectivity index (χ4v) is 3.10. The molecule has 0 spiro atoms. The molecule has 0 saturated heterocycles. The molecule has 0 saturated carbocycles. The topological polar surface area (TPSA) is 36.4 Å². The summed E-state index contributed by atoms with van der Waals surface area (Å²) in [5, 5.41) is 6.73. The molecule has 1 heterocycles. The molecular weight excluding hydrogens is 265 g/mol. The van der Waals surface area contributed by atoms with Gasteiger partial charge in [-0.05, 0) is 42.2 Å². The van der Waals surface area contributed by atoms with Crippen molar-refractivity contribution in [3.05, 3.63) is 65.0 Å². The van der Waals surface area contributed by atoms with Crippen molar-refractivity contribution in [1.82, 2.24) is 5.32 Å². The van der Waals surface area contributed by atoms with Gasteiger partial charge in [0.1, 0.15) is 5.82 Å². The molecule has 2 N–H and O–H groups in total. The number of hydrogen-bond donors (Lipinski definition) is 2. The molecule has 0 radical (unpaired) electrons. The Kier molecular flexibility index (Phi) is 2.88. The number of nitrogens with zero attached hydrogens (tertiary/aromatic N) is 1. The van der Waals surface area contributed by atoms with E-state index in [1.54, 1.807) is 6.07 Å². The van der Waals surface area contributed by atoms with E-state index in [0.717, 1.165) is 30.1 Å². The van der Waals surface area contributed by atoms with E-state index in [2.05, 4.69) is 39.9 Å². The third-order valence-electron chi connectivity index (χ3n) is 4.17. The van der Waals surface area contributed by atoms with Crippen LogP contribution in [0, 0.1) is 5.82 Å². The maximum atomic E-state index is 13.2. The second-order valence-corrected chi connectivity index (χ2v) is 5.53. The fraction of sp³-hybridized carbons (Fsp3) is 0.235. The van der Waals surface area contributed by atoms with Gasteiger partial charge in [-0.25, -0.2) is 9.38 Å². The molecule has 0 fully saturated rings. The number of halogens is 1. The summed E-state index contributed by atoms with van der Waals surface area (Å²) in [4.78, 5) is 4.48. The number of benzene rings is 2. The summed E-state index contributed by atoms with van der Waals surface area (Å²) < 4.78 is 13.2. The first-order valence-corrected chi connectivity index (χ1v) is 7.24. The van der Waals surface area contributed by atoms with E-state index >= 15 is 0 Å². The van der Waals surface area contributed by atoms with Gasteiger partial charge in [-0.3, -0.25) is 0 Å². The minimum Gasteiger partial charge on any atom is -0.349 e. The molecule has 1 unspecified atom stereocenters. The summed E-state index contributed by atoms with van der Waals surface area (Å²) in [6, 6.07) is 13.6. The highest BCUT2D eigenvalue weighted by Gasteiger charge is 2.23. The van der Waals surface area contributed by atoms with Crippen molar-refractivity contribution in [2.45, 2.75) is 25.4 Å². The molecule has 4 rings (SSSR count). The molecule has 1 aliphatic carbocycles. The first-order valence-electron chi connectivity index (χ1n) is 7.24. The molecule has 3 nitrogen and oxygen atoms in total. The molecule has 1 aliphatic heterocycles. The van der Waals surface area contributed by atoms with E-state index in [4.69, 9.17) is 0 Å². The number of rotatable bonds is 1. The van der Waals surface area contributed by atoms with Crippen LogP contribution in [-0.2, 0) is 13.0 Å². The van der Waals surface area contributed by atoms with Crippen molar-refractivity contribution in [2.75, 3.05) is 5.32 Å². The lowest BCUT2D eigenvalue weighted by Gasteiger charge is -2.23. The largest absolute Gasteiger partial charge is 0.349 e. The van der Waals surface area contributed by atoms with E-state index in [9.17, 15) is 4.39 Å². The summed E-state index contributed by atoms with van der Waals surface area (Å²) in [6.07, 6.45) is 2.18. The summed E-state index contributed by atoms with van der Waals surface area (Å²) in [5.74, 6) is 0.558. The molecule has 21 heavy (non-hydrogen) atoms.